The van der Waals surface area contributed by atoms with E-state index in [1.807, 2.05) is 16.8 Å². The minimum Gasteiger partial charge on any atom is -0.480 e. The van der Waals surface area contributed by atoms with Crippen molar-refractivity contribution in [3.63, 3.8) is 0 Å². The number of benzene rings is 1. The number of nitrogens with zero attached hydrogens (tertiary/aromatic N) is 2. The van der Waals surface area contributed by atoms with Crippen LogP contribution >= 0.6 is 0 Å². The summed E-state index contributed by atoms with van der Waals surface area (Å²) in [6.07, 6.45) is 5.14. The van der Waals surface area contributed by atoms with E-state index in [0.29, 0.717) is 6.42 Å². The standard InChI is InChI=1S/C16H18N2O2/c1-11-4-2-5-12(8-11)9-13-10-18-14(16(19)20)6-3-7-15(18)17-13/h2,4-5,8,10,14H,3,6-7,9H2,1H3,(H,19,20). The van der Waals surface area contributed by atoms with Crippen molar-refractivity contribution >= 4 is 5.97 Å². The fraction of sp³-hybridized carbons (Fsp3) is 0.375. The normalized spacial score (nSPS) is 17.8. The van der Waals surface area contributed by atoms with Crippen LogP contribution in [0.15, 0.2) is 30.5 Å². The molecule has 2 aromatic rings. The Morgan fingerprint density at radius 1 is 1.50 bits per heavy atom. The summed E-state index contributed by atoms with van der Waals surface area (Å²) in [5.74, 6) is 0.150. The predicted molar refractivity (Wildman–Crippen MR) is 75.8 cm³/mol. The molecule has 0 fully saturated rings. The van der Waals surface area contributed by atoms with Gasteiger partial charge in [-0.15, -0.1) is 0 Å². The molecule has 4 heteroatoms. The van der Waals surface area contributed by atoms with Crippen molar-refractivity contribution in [2.75, 3.05) is 0 Å². The summed E-state index contributed by atoms with van der Waals surface area (Å²) in [7, 11) is 0. The molecule has 0 spiro atoms. The number of carboxylic acid groups (broad SMARTS) is 1. The number of aryl methyl sites for hydroxylation is 2. The van der Waals surface area contributed by atoms with Crippen LogP contribution in [-0.4, -0.2) is 20.6 Å². The van der Waals surface area contributed by atoms with E-state index in [0.717, 1.165) is 30.8 Å². The van der Waals surface area contributed by atoms with Crippen molar-refractivity contribution in [3.8, 4) is 0 Å². The fourth-order valence-electron chi connectivity index (χ4n) is 2.89. The smallest absolute Gasteiger partial charge is 0.326 e. The summed E-state index contributed by atoms with van der Waals surface area (Å²) in [6.45, 7) is 2.07. The van der Waals surface area contributed by atoms with Crippen LogP contribution in [0.5, 0.6) is 0 Å². The highest BCUT2D eigenvalue weighted by molar-refractivity contribution is 5.72. The number of hydrogen-bond donors (Lipinski definition) is 1. The monoisotopic (exact) mass is 270 g/mol. The van der Waals surface area contributed by atoms with Crippen molar-refractivity contribution in [1.82, 2.24) is 9.55 Å². The van der Waals surface area contributed by atoms with E-state index in [1.54, 1.807) is 0 Å². The SMILES string of the molecule is Cc1cccc(Cc2cn3c(n2)CCCC3C(=O)O)c1. The summed E-state index contributed by atoms with van der Waals surface area (Å²) in [6, 6.07) is 7.90. The van der Waals surface area contributed by atoms with Gasteiger partial charge in [0, 0.05) is 19.0 Å². The van der Waals surface area contributed by atoms with E-state index in [1.165, 1.54) is 11.1 Å². The molecule has 0 saturated carbocycles. The lowest BCUT2D eigenvalue weighted by atomic mass is 10.1. The first kappa shape index (κ1) is 12.9. The Kier molecular flexibility index (Phi) is 3.30. The minimum atomic E-state index is -0.759. The van der Waals surface area contributed by atoms with Crippen LogP contribution < -0.4 is 0 Å². The van der Waals surface area contributed by atoms with Gasteiger partial charge in [0.1, 0.15) is 11.9 Å². The van der Waals surface area contributed by atoms with Crippen LogP contribution in [0.3, 0.4) is 0 Å². The number of aromatic nitrogens is 2. The van der Waals surface area contributed by atoms with Gasteiger partial charge in [-0.2, -0.15) is 0 Å². The molecule has 1 aliphatic rings. The Morgan fingerprint density at radius 2 is 2.35 bits per heavy atom. The molecule has 0 amide bonds. The van der Waals surface area contributed by atoms with Crippen LogP contribution in [0, 0.1) is 6.92 Å². The molecule has 2 heterocycles. The quantitative estimate of drug-likeness (QED) is 0.933. The minimum absolute atomic E-state index is 0.447. The lowest BCUT2D eigenvalue weighted by Gasteiger charge is -2.20. The average molecular weight is 270 g/mol. The second kappa shape index (κ2) is 5.12. The van der Waals surface area contributed by atoms with Gasteiger partial charge in [-0.25, -0.2) is 9.78 Å². The van der Waals surface area contributed by atoms with Gasteiger partial charge in [0.15, 0.2) is 0 Å². The maximum Gasteiger partial charge on any atom is 0.326 e. The highest BCUT2D eigenvalue weighted by Gasteiger charge is 2.26. The predicted octanol–water partition coefficient (Wildman–Crippen LogP) is 2.74. The zero-order chi connectivity index (χ0) is 14.1. The zero-order valence-corrected chi connectivity index (χ0v) is 11.5. The van der Waals surface area contributed by atoms with Crippen LogP contribution in [0.2, 0.25) is 0 Å². The van der Waals surface area contributed by atoms with Gasteiger partial charge in [0.2, 0.25) is 0 Å². The first-order chi connectivity index (χ1) is 9.63. The fourth-order valence-corrected chi connectivity index (χ4v) is 2.89. The van der Waals surface area contributed by atoms with Gasteiger partial charge in [-0.3, -0.25) is 0 Å². The lowest BCUT2D eigenvalue weighted by Crippen LogP contribution is -2.24. The van der Waals surface area contributed by atoms with Gasteiger partial charge in [-0.1, -0.05) is 29.8 Å². The molecule has 1 atom stereocenters. The Morgan fingerprint density at radius 3 is 3.10 bits per heavy atom. The highest BCUT2D eigenvalue weighted by atomic mass is 16.4. The van der Waals surface area contributed by atoms with E-state index in [4.69, 9.17) is 0 Å². The molecule has 0 bridgehead atoms. The van der Waals surface area contributed by atoms with Gasteiger partial charge < -0.3 is 9.67 Å². The van der Waals surface area contributed by atoms with Crippen molar-refractivity contribution in [2.24, 2.45) is 0 Å². The first-order valence-corrected chi connectivity index (χ1v) is 6.98. The second-order valence-electron chi connectivity index (χ2n) is 5.47. The van der Waals surface area contributed by atoms with Gasteiger partial charge in [0.25, 0.3) is 0 Å². The molecule has 1 aromatic carbocycles. The van der Waals surface area contributed by atoms with E-state index < -0.39 is 12.0 Å². The third kappa shape index (κ3) is 2.46. The van der Waals surface area contributed by atoms with Gasteiger partial charge >= 0.3 is 5.97 Å². The van der Waals surface area contributed by atoms with E-state index in [9.17, 15) is 9.90 Å². The molecule has 20 heavy (non-hydrogen) atoms. The molecule has 1 aliphatic heterocycles. The zero-order valence-electron chi connectivity index (χ0n) is 11.5. The van der Waals surface area contributed by atoms with Crippen molar-refractivity contribution in [2.45, 2.75) is 38.6 Å². The molecular formula is C16H18N2O2. The number of imidazole rings is 1. The number of carbonyl (C=O) groups is 1. The molecule has 104 valence electrons. The maximum atomic E-state index is 11.3. The molecule has 0 aliphatic carbocycles. The summed E-state index contributed by atoms with van der Waals surface area (Å²) >= 11 is 0. The topological polar surface area (TPSA) is 55.1 Å². The lowest BCUT2D eigenvalue weighted by molar-refractivity contribution is -0.141. The third-order valence-corrected chi connectivity index (χ3v) is 3.83. The number of carboxylic acids is 1. The number of fused-ring (bicyclic) bond motifs is 1. The molecule has 3 rings (SSSR count). The molecule has 4 nitrogen and oxygen atoms in total. The summed E-state index contributed by atoms with van der Waals surface area (Å²) in [4.78, 5) is 15.9. The van der Waals surface area contributed by atoms with E-state index >= 15 is 0 Å². The summed E-state index contributed by atoms with van der Waals surface area (Å²) in [5.41, 5.74) is 3.40. The summed E-state index contributed by atoms with van der Waals surface area (Å²) < 4.78 is 1.84. The maximum absolute atomic E-state index is 11.3. The molecule has 0 saturated heterocycles. The molecule has 0 radical (unpaired) electrons. The molecule has 1 N–H and O–H groups in total. The van der Waals surface area contributed by atoms with E-state index in [-0.39, 0.29) is 0 Å². The third-order valence-electron chi connectivity index (χ3n) is 3.83. The Bertz CT molecular complexity index is 646. The van der Waals surface area contributed by atoms with Crippen molar-refractivity contribution in [3.05, 3.63) is 53.1 Å². The molecule has 1 aromatic heterocycles. The Balaban J connectivity index is 1.87. The summed E-state index contributed by atoms with van der Waals surface area (Å²) in [5, 5.41) is 9.27. The number of rotatable bonds is 3. The largest absolute Gasteiger partial charge is 0.480 e. The van der Waals surface area contributed by atoms with Gasteiger partial charge in [-0.05, 0) is 25.3 Å². The van der Waals surface area contributed by atoms with Crippen LogP contribution in [0.25, 0.3) is 0 Å². The number of hydrogen-bond acceptors (Lipinski definition) is 2. The van der Waals surface area contributed by atoms with Crippen LogP contribution in [0.4, 0.5) is 0 Å². The molecule has 1 unspecified atom stereocenters. The average Bonchev–Trinajstić information content (AvgIpc) is 2.80. The van der Waals surface area contributed by atoms with Crippen molar-refractivity contribution in [1.29, 1.82) is 0 Å². The van der Waals surface area contributed by atoms with Crippen LogP contribution in [-0.2, 0) is 17.6 Å². The Labute approximate surface area is 118 Å². The van der Waals surface area contributed by atoms with Crippen LogP contribution in [0.1, 0.15) is 41.5 Å². The molecular weight excluding hydrogens is 252 g/mol. The second-order valence-corrected chi connectivity index (χ2v) is 5.47. The van der Waals surface area contributed by atoms with E-state index in [2.05, 4.69) is 30.1 Å². The Hall–Kier alpha value is -2.10. The van der Waals surface area contributed by atoms with Crippen molar-refractivity contribution < 1.29 is 9.90 Å². The van der Waals surface area contributed by atoms with Gasteiger partial charge in [0.05, 0.1) is 5.69 Å². The highest BCUT2D eigenvalue weighted by Crippen LogP contribution is 2.25. The number of aliphatic carboxylic acids is 1. The first-order valence-electron chi connectivity index (χ1n) is 6.98.